The summed E-state index contributed by atoms with van der Waals surface area (Å²) in [5.74, 6) is 0.897. The van der Waals surface area contributed by atoms with Crippen LogP contribution in [0.15, 0.2) is 0 Å². The summed E-state index contributed by atoms with van der Waals surface area (Å²) in [6.45, 7) is 2.41. The summed E-state index contributed by atoms with van der Waals surface area (Å²) in [7, 11) is 0. The second kappa shape index (κ2) is 7.07. The third kappa shape index (κ3) is 5.04. The molecule has 1 heterocycles. The molecular formula is C11H20NO. The van der Waals surface area contributed by atoms with Crippen LogP contribution in [0.5, 0.6) is 0 Å². The van der Waals surface area contributed by atoms with Crippen LogP contribution in [0.4, 0.5) is 0 Å². The fraction of sp³-hybridized carbons (Fsp3) is 0.909. The van der Waals surface area contributed by atoms with Gasteiger partial charge in [0, 0.05) is 6.42 Å². The van der Waals surface area contributed by atoms with Crippen molar-refractivity contribution in [2.75, 3.05) is 13.1 Å². The van der Waals surface area contributed by atoms with E-state index in [1.165, 1.54) is 45.2 Å². The average Bonchev–Trinajstić information content (AvgIpc) is 2.19. The van der Waals surface area contributed by atoms with E-state index in [1.807, 2.05) is 6.29 Å². The van der Waals surface area contributed by atoms with Gasteiger partial charge in [0.25, 0.3) is 0 Å². The Bertz CT molecular complexity index is 130. The van der Waals surface area contributed by atoms with E-state index in [1.54, 1.807) is 0 Å². The molecule has 0 aliphatic carbocycles. The molecule has 2 nitrogen and oxygen atoms in total. The maximum Gasteiger partial charge on any atom is 0.198 e. The lowest BCUT2D eigenvalue weighted by Crippen LogP contribution is -2.29. The first-order valence-corrected chi connectivity index (χ1v) is 5.49. The molecule has 0 aromatic carbocycles. The van der Waals surface area contributed by atoms with Crippen molar-refractivity contribution in [3.63, 3.8) is 0 Å². The third-order valence-corrected chi connectivity index (χ3v) is 2.79. The van der Waals surface area contributed by atoms with Gasteiger partial charge in [-0.2, -0.15) is 0 Å². The molecule has 1 fully saturated rings. The Hall–Kier alpha value is -0.370. The van der Waals surface area contributed by atoms with Crippen molar-refractivity contribution in [3.8, 4) is 0 Å². The monoisotopic (exact) mass is 182 g/mol. The Morgan fingerprint density at radius 2 is 2.23 bits per heavy atom. The fourth-order valence-corrected chi connectivity index (χ4v) is 1.98. The Balaban J connectivity index is 1.89. The van der Waals surface area contributed by atoms with Crippen LogP contribution in [0.1, 0.15) is 44.9 Å². The van der Waals surface area contributed by atoms with Crippen LogP contribution in [0, 0.1) is 5.92 Å². The van der Waals surface area contributed by atoms with Crippen LogP contribution in [0.3, 0.4) is 0 Å². The number of hydrogen-bond donors (Lipinski definition) is 1. The molecule has 1 aliphatic rings. The normalized spacial score (nSPS) is 22.9. The quantitative estimate of drug-likeness (QED) is 0.637. The van der Waals surface area contributed by atoms with Crippen LogP contribution in [0.2, 0.25) is 0 Å². The van der Waals surface area contributed by atoms with Crippen molar-refractivity contribution < 1.29 is 4.79 Å². The predicted octanol–water partition coefficient (Wildman–Crippen LogP) is 2.05. The molecule has 1 aliphatic heterocycles. The number of nitrogens with one attached hydrogen (secondary N) is 1. The molecule has 0 amide bonds. The topological polar surface area (TPSA) is 29.1 Å². The number of hydrogen-bond acceptors (Lipinski definition) is 2. The molecule has 2 heteroatoms. The summed E-state index contributed by atoms with van der Waals surface area (Å²) in [5.41, 5.74) is 0. The number of unbranched alkanes of at least 4 members (excludes halogenated alkanes) is 3. The first-order chi connectivity index (χ1) is 6.43. The minimum Gasteiger partial charge on any atom is -0.316 e. The largest absolute Gasteiger partial charge is 0.316 e. The molecule has 1 saturated heterocycles. The highest BCUT2D eigenvalue weighted by Crippen LogP contribution is 2.17. The molecule has 0 saturated carbocycles. The smallest absolute Gasteiger partial charge is 0.198 e. The average molecular weight is 182 g/mol. The summed E-state index contributed by atoms with van der Waals surface area (Å²) in [6, 6.07) is 0. The number of piperidine rings is 1. The van der Waals surface area contributed by atoms with Crippen LogP contribution in [-0.2, 0) is 4.79 Å². The molecule has 0 aromatic heterocycles. The van der Waals surface area contributed by atoms with Gasteiger partial charge in [0.2, 0.25) is 0 Å². The van der Waals surface area contributed by atoms with E-state index in [-0.39, 0.29) is 0 Å². The SMILES string of the molecule is O=[C]CCCCCC1CCCNC1. The minimum atomic E-state index is 0.628. The lowest BCUT2D eigenvalue weighted by Gasteiger charge is -2.22. The van der Waals surface area contributed by atoms with Gasteiger partial charge in [-0.3, -0.25) is 4.79 Å². The van der Waals surface area contributed by atoms with Crippen LogP contribution < -0.4 is 5.32 Å². The molecular weight excluding hydrogens is 162 g/mol. The first-order valence-electron chi connectivity index (χ1n) is 5.49. The fourth-order valence-electron chi connectivity index (χ4n) is 1.98. The van der Waals surface area contributed by atoms with E-state index < -0.39 is 0 Å². The molecule has 1 radical (unpaired) electrons. The standard InChI is InChI=1S/C11H20NO/c13-9-4-2-1-3-6-11-7-5-8-12-10-11/h11-12H,1-8,10H2. The van der Waals surface area contributed by atoms with Crippen molar-refractivity contribution in [2.45, 2.75) is 44.9 Å². The lowest BCUT2D eigenvalue weighted by atomic mass is 9.93. The van der Waals surface area contributed by atoms with E-state index >= 15 is 0 Å². The van der Waals surface area contributed by atoms with Crippen molar-refractivity contribution in [3.05, 3.63) is 0 Å². The number of rotatable bonds is 6. The Morgan fingerprint density at radius 3 is 2.92 bits per heavy atom. The van der Waals surface area contributed by atoms with Gasteiger partial charge in [0.1, 0.15) is 0 Å². The van der Waals surface area contributed by atoms with Crippen molar-refractivity contribution >= 4 is 6.29 Å². The third-order valence-electron chi connectivity index (χ3n) is 2.79. The molecule has 1 unspecified atom stereocenters. The van der Waals surface area contributed by atoms with Gasteiger partial charge < -0.3 is 5.32 Å². The van der Waals surface area contributed by atoms with E-state index in [0.717, 1.165) is 12.3 Å². The molecule has 1 rings (SSSR count). The van der Waals surface area contributed by atoms with E-state index in [9.17, 15) is 4.79 Å². The highest BCUT2D eigenvalue weighted by molar-refractivity contribution is 5.50. The first kappa shape index (κ1) is 10.7. The Labute approximate surface area is 81.1 Å². The van der Waals surface area contributed by atoms with Crippen LogP contribution in [0.25, 0.3) is 0 Å². The zero-order chi connectivity index (χ0) is 9.36. The lowest BCUT2D eigenvalue weighted by molar-refractivity contribution is 0.347. The maximum absolute atomic E-state index is 9.93. The molecule has 1 atom stereocenters. The summed E-state index contributed by atoms with van der Waals surface area (Å²) < 4.78 is 0. The van der Waals surface area contributed by atoms with Crippen molar-refractivity contribution in [2.24, 2.45) is 5.92 Å². The summed E-state index contributed by atoms with van der Waals surface area (Å²) in [6.07, 6.45) is 10.2. The van der Waals surface area contributed by atoms with E-state index in [0.29, 0.717) is 6.42 Å². The molecule has 75 valence electrons. The van der Waals surface area contributed by atoms with E-state index in [4.69, 9.17) is 0 Å². The highest BCUT2D eigenvalue weighted by Gasteiger charge is 2.11. The Morgan fingerprint density at radius 1 is 1.31 bits per heavy atom. The molecule has 1 N–H and O–H groups in total. The summed E-state index contributed by atoms with van der Waals surface area (Å²) in [5, 5.41) is 3.42. The van der Waals surface area contributed by atoms with Gasteiger partial charge in [-0.05, 0) is 44.7 Å². The minimum absolute atomic E-state index is 0.628. The van der Waals surface area contributed by atoms with Gasteiger partial charge >= 0.3 is 0 Å². The van der Waals surface area contributed by atoms with Gasteiger partial charge in [0.15, 0.2) is 6.29 Å². The highest BCUT2D eigenvalue weighted by atomic mass is 16.1. The Kier molecular flexibility index (Phi) is 5.83. The molecule has 13 heavy (non-hydrogen) atoms. The predicted molar refractivity (Wildman–Crippen MR) is 54.4 cm³/mol. The van der Waals surface area contributed by atoms with Crippen molar-refractivity contribution in [1.29, 1.82) is 0 Å². The van der Waals surface area contributed by atoms with Gasteiger partial charge in [0.05, 0.1) is 0 Å². The zero-order valence-corrected chi connectivity index (χ0v) is 8.35. The van der Waals surface area contributed by atoms with E-state index in [2.05, 4.69) is 5.32 Å². The summed E-state index contributed by atoms with van der Waals surface area (Å²) >= 11 is 0. The van der Waals surface area contributed by atoms with Crippen molar-refractivity contribution in [1.82, 2.24) is 5.32 Å². The molecule has 0 spiro atoms. The second-order valence-electron chi connectivity index (χ2n) is 3.96. The number of carbonyl (C=O) groups excluding carboxylic acids is 1. The zero-order valence-electron chi connectivity index (χ0n) is 8.35. The van der Waals surface area contributed by atoms with Gasteiger partial charge in [-0.15, -0.1) is 0 Å². The van der Waals surface area contributed by atoms with Crippen LogP contribution in [-0.4, -0.2) is 19.4 Å². The molecule has 0 bridgehead atoms. The van der Waals surface area contributed by atoms with Crippen LogP contribution >= 0.6 is 0 Å². The second-order valence-corrected chi connectivity index (χ2v) is 3.96. The van der Waals surface area contributed by atoms with Gasteiger partial charge in [-0.25, -0.2) is 0 Å². The summed E-state index contributed by atoms with van der Waals surface area (Å²) in [4.78, 5) is 9.93. The van der Waals surface area contributed by atoms with Gasteiger partial charge in [-0.1, -0.05) is 12.8 Å². The molecule has 0 aromatic rings. The maximum atomic E-state index is 9.93.